The Morgan fingerprint density at radius 2 is 2.11 bits per heavy atom. The lowest BCUT2D eigenvalue weighted by Gasteiger charge is -2.39. The van der Waals surface area contributed by atoms with Gasteiger partial charge in [-0.25, -0.2) is 0 Å². The first-order chi connectivity index (χ1) is 8.89. The fourth-order valence-electron chi connectivity index (χ4n) is 4.63. The van der Waals surface area contributed by atoms with E-state index in [4.69, 9.17) is 4.74 Å². The van der Waals surface area contributed by atoms with Gasteiger partial charge in [-0.1, -0.05) is 20.8 Å². The van der Waals surface area contributed by atoms with E-state index in [0.29, 0.717) is 30.0 Å². The molecule has 2 bridgehead atoms. The van der Waals surface area contributed by atoms with Crippen LogP contribution in [0.15, 0.2) is 0 Å². The van der Waals surface area contributed by atoms with Gasteiger partial charge in [0.25, 0.3) is 5.91 Å². The van der Waals surface area contributed by atoms with Gasteiger partial charge in [0, 0.05) is 25.7 Å². The number of hydrogen-bond acceptors (Lipinski definition) is 3. The summed E-state index contributed by atoms with van der Waals surface area (Å²) in [5.41, 5.74) is 0.669. The third-order valence-electron chi connectivity index (χ3n) is 4.90. The van der Waals surface area contributed by atoms with Gasteiger partial charge in [-0.05, 0) is 30.1 Å². The number of ether oxygens (including phenoxy) is 1. The maximum Gasteiger partial charge on any atom is 0.253 e. The Kier molecular flexibility index (Phi) is 3.13. The molecular formula is C15H26N2O2. The van der Waals surface area contributed by atoms with Gasteiger partial charge >= 0.3 is 0 Å². The molecule has 3 aliphatic rings. The summed E-state index contributed by atoms with van der Waals surface area (Å²) in [5.74, 6) is 0.207. The van der Waals surface area contributed by atoms with E-state index in [-0.39, 0.29) is 12.0 Å². The summed E-state index contributed by atoms with van der Waals surface area (Å²) in [6.45, 7) is 10.1. The Balaban J connectivity index is 1.74. The molecule has 0 aromatic carbocycles. The molecule has 1 saturated carbocycles. The van der Waals surface area contributed by atoms with Crippen LogP contribution in [0.5, 0.6) is 0 Å². The van der Waals surface area contributed by atoms with Crippen LogP contribution in [0.3, 0.4) is 0 Å². The summed E-state index contributed by atoms with van der Waals surface area (Å²) < 4.78 is 5.63. The Labute approximate surface area is 115 Å². The van der Waals surface area contributed by atoms with E-state index in [1.165, 1.54) is 12.8 Å². The molecule has 0 aromatic rings. The van der Waals surface area contributed by atoms with Crippen LogP contribution in [0.25, 0.3) is 0 Å². The number of likely N-dealkylation sites (tertiary alicyclic amines) is 1. The van der Waals surface area contributed by atoms with Gasteiger partial charge in [0.05, 0.1) is 6.61 Å². The second-order valence-corrected chi connectivity index (χ2v) is 7.74. The standard InChI is InChI=1S/C15H26N2O2/c1-14(2)6-11-7-15(3,9-14)10-17(11)13(18)12-8-16-4-5-19-12/h11-12,16H,4-10H2,1-3H3. The van der Waals surface area contributed by atoms with Gasteiger partial charge in [-0.15, -0.1) is 0 Å². The minimum atomic E-state index is -0.264. The molecule has 2 saturated heterocycles. The van der Waals surface area contributed by atoms with Crippen molar-refractivity contribution in [3.05, 3.63) is 0 Å². The fraction of sp³-hybridized carbons (Fsp3) is 0.933. The zero-order chi connectivity index (χ0) is 13.7. The molecule has 3 unspecified atom stereocenters. The van der Waals surface area contributed by atoms with Gasteiger partial charge in [-0.3, -0.25) is 4.79 Å². The number of rotatable bonds is 1. The van der Waals surface area contributed by atoms with Crippen molar-refractivity contribution in [1.82, 2.24) is 10.2 Å². The van der Waals surface area contributed by atoms with E-state index in [1.807, 2.05) is 0 Å². The predicted octanol–water partition coefficient (Wildman–Crippen LogP) is 1.40. The normalized spacial score (nSPS) is 41.3. The topological polar surface area (TPSA) is 41.6 Å². The summed E-state index contributed by atoms with van der Waals surface area (Å²) in [5, 5.41) is 3.25. The molecule has 3 fully saturated rings. The number of nitrogens with zero attached hydrogens (tertiary/aromatic N) is 1. The highest BCUT2D eigenvalue weighted by molar-refractivity contribution is 5.82. The third-order valence-corrected chi connectivity index (χ3v) is 4.90. The number of carbonyl (C=O) groups excluding carboxylic acids is 1. The van der Waals surface area contributed by atoms with E-state index in [1.54, 1.807) is 0 Å². The molecule has 3 rings (SSSR count). The van der Waals surface area contributed by atoms with E-state index in [9.17, 15) is 4.79 Å². The molecule has 2 heterocycles. The molecule has 1 amide bonds. The highest BCUT2D eigenvalue weighted by Crippen LogP contribution is 2.52. The van der Waals surface area contributed by atoms with Crippen LogP contribution < -0.4 is 5.32 Å². The third kappa shape index (κ3) is 2.52. The van der Waals surface area contributed by atoms with Crippen LogP contribution in [-0.4, -0.2) is 49.2 Å². The maximum absolute atomic E-state index is 12.7. The lowest BCUT2D eigenvalue weighted by molar-refractivity contribution is -0.146. The molecule has 2 aliphatic heterocycles. The smallest absolute Gasteiger partial charge is 0.253 e. The highest BCUT2D eigenvalue weighted by Gasteiger charge is 2.51. The molecule has 0 radical (unpaired) electrons. The summed E-state index contributed by atoms with van der Waals surface area (Å²) >= 11 is 0. The van der Waals surface area contributed by atoms with Crippen molar-refractivity contribution in [2.24, 2.45) is 10.8 Å². The number of morpholine rings is 1. The Morgan fingerprint density at radius 3 is 2.79 bits per heavy atom. The van der Waals surface area contributed by atoms with Crippen molar-refractivity contribution >= 4 is 5.91 Å². The Bertz CT molecular complexity index is 376. The first kappa shape index (κ1) is 13.4. The highest BCUT2D eigenvalue weighted by atomic mass is 16.5. The van der Waals surface area contributed by atoms with E-state index < -0.39 is 0 Å². The van der Waals surface area contributed by atoms with Crippen LogP contribution >= 0.6 is 0 Å². The summed E-state index contributed by atoms with van der Waals surface area (Å²) in [7, 11) is 0. The molecule has 4 nitrogen and oxygen atoms in total. The SMILES string of the molecule is CC1(C)CC2CC(C)(CN2C(=O)C2CNCCO2)C1. The number of carbonyl (C=O) groups is 1. The molecule has 4 heteroatoms. The van der Waals surface area contributed by atoms with Crippen molar-refractivity contribution in [2.75, 3.05) is 26.2 Å². The van der Waals surface area contributed by atoms with Crippen LogP contribution in [0, 0.1) is 10.8 Å². The van der Waals surface area contributed by atoms with Gasteiger partial charge in [0.1, 0.15) is 6.10 Å². The van der Waals surface area contributed by atoms with Crippen LogP contribution in [-0.2, 0) is 9.53 Å². The zero-order valence-electron chi connectivity index (χ0n) is 12.4. The predicted molar refractivity (Wildman–Crippen MR) is 73.8 cm³/mol. The average Bonchev–Trinajstić information content (AvgIpc) is 2.59. The molecule has 0 aromatic heterocycles. The Morgan fingerprint density at radius 1 is 1.32 bits per heavy atom. The van der Waals surface area contributed by atoms with Gasteiger partial charge in [-0.2, -0.15) is 0 Å². The second kappa shape index (κ2) is 4.45. The minimum Gasteiger partial charge on any atom is -0.366 e. The summed E-state index contributed by atoms with van der Waals surface area (Å²) in [4.78, 5) is 14.8. The molecule has 0 spiro atoms. The van der Waals surface area contributed by atoms with Crippen molar-refractivity contribution in [3.8, 4) is 0 Å². The minimum absolute atomic E-state index is 0.207. The number of amides is 1. The first-order valence-corrected chi connectivity index (χ1v) is 7.51. The molecular weight excluding hydrogens is 240 g/mol. The van der Waals surface area contributed by atoms with Crippen molar-refractivity contribution in [1.29, 1.82) is 0 Å². The fourth-order valence-corrected chi connectivity index (χ4v) is 4.63. The molecule has 19 heavy (non-hydrogen) atoms. The Hall–Kier alpha value is -0.610. The van der Waals surface area contributed by atoms with Crippen molar-refractivity contribution in [3.63, 3.8) is 0 Å². The lowest BCUT2D eigenvalue weighted by atomic mass is 9.65. The molecule has 1 N–H and O–H groups in total. The van der Waals surface area contributed by atoms with E-state index >= 15 is 0 Å². The van der Waals surface area contributed by atoms with Gasteiger partial charge in [0.2, 0.25) is 0 Å². The number of nitrogens with one attached hydrogen (secondary N) is 1. The van der Waals surface area contributed by atoms with E-state index in [0.717, 1.165) is 19.5 Å². The van der Waals surface area contributed by atoms with Crippen LogP contribution in [0.2, 0.25) is 0 Å². The molecule has 3 atom stereocenters. The number of fused-ring (bicyclic) bond motifs is 2. The lowest BCUT2D eigenvalue weighted by Crippen LogP contribution is -2.50. The summed E-state index contributed by atoms with van der Waals surface area (Å²) in [6.07, 6.45) is 3.26. The second-order valence-electron chi connectivity index (χ2n) is 7.74. The van der Waals surface area contributed by atoms with Crippen molar-refractivity contribution in [2.45, 2.75) is 52.2 Å². The van der Waals surface area contributed by atoms with Crippen LogP contribution in [0.4, 0.5) is 0 Å². The van der Waals surface area contributed by atoms with Crippen LogP contribution in [0.1, 0.15) is 40.0 Å². The quantitative estimate of drug-likeness (QED) is 0.780. The maximum atomic E-state index is 12.7. The van der Waals surface area contributed by atoms with Crippen molar-refractivity contribution < 1.29 is 9.53 Å². The molecule has 108 valence electrons. The van der Waals surface area contributed by atoms with Gasteiger partial charge in [0.15, 0.2) is 0 Å². The van der Waals surface area contributed by atoms with E-state index in [2.05, 4.69) is 31.0 Å². The largest absolute Gasteiger partial charge is 0.366 e. The average molecular weight is 266 g/mol. The first-order valence-electron chi connectivity index (χ1n) is 7.51. The number of hydrogen-bond donors (Lipinski definition) is 1. The monoisotopic (exact) mass is 266 g/mol. The summed E-state index contributed by atoms with van der Waals surface area (Å²) in [6, 6.07) is 0.423. The molecule has 1 aliphatic carbocycles. The van der Waals surface area contributed by atoms with Gasteiger partial charge < -0.3 is 15.0 Å². The zero-order valence-corrected chi connectivity index (χ0v) is 12.4.